The summed E-state index contributed by atoms with van der Waals surface area (Å²) in [5.74, 6) is 1.47. The quantitative estimate of drug-likeness (QED) is 0.887. The lowest BCUT2D eigenvalue weighted by atomic mass is 10.2. The maximum atomic E-state index is 6.11. The van der Waals surface area contributed by atoms with E-state index in [0.717, 1.165) is 21.2 Å². The van der Waals surface area contributed by atoms with Crippen molar-refractivity contribution in [2.24, 2.45) is 11.7 Å². The molecule has 0 amide bonds. The van der Waals surface area contributed by atoms with E-state index in [0.29, 0.717) is 5.92 Å². The van der Waals surface area contributed by atoms with Crippen LogP contribution in [0.15, 0.2) is 16.9 Å². The van der Waals surface area contributed by atoms with Crippen LogP contribution in [0.25, 0.3) is 10.4 Å². The first kappa shape index (κ1) is 9.99. The minimum Gasteiger partial charge on any atom is -0.361 e. The number of nitrogens with two attached hydrogens (primary N) is 1. The molecule has 2 aromatic rings. The van der Waals surface area contributed by atoms with Crippen LogP contribution < -0.4 is 5.73 Å². The van der Waals surface area contributed by atoms with Gasteiger partial charge in [-0.2, -0.15) is 0 Å². The van der Waals surface area contributed by atoms with E-state index in [1.807, 2.05) is 13.1 Å². The van der Waals surface area contributed by atoms with Crippen molar-refractivity contribution in [3.05, 3.63) is 23.2 Å². The number of nitrogens with zero attached hydrogens (tertiary/aromatic N) is 2. The molecule has 0 aliphatic heterocycles. The lowest BCUT2D eigenvalue weighted by Crippen LogP contribution is -2.11. The van der Waals surface area contributed by atoms with Gasteiger partial charge in [0, 0.05) is 6.20 Å². The number of thiazole rings is 1. The molecule has 1 unspecified atom stereocenters. The van der Waals surface area contributed by atoms with Crippen molar-refractivity contribution in [1.29, 1.82) is 0 Å². The Hall–Kier alpha value is -1.20. The normalized spacial score (nSPS) is 17.6. The van der Waals surface area contributed by atoms with E-state index in [2.05, 4.69) is 10.1 Å². The van der Waals surface area contributed by atoms with Crippen LogP contribution in [0, 0.1) is 12.8 Å². The van der Waals surface area contributed by atoms with Crippen molar-refractivity contribution in [3.63, 3.8) is 0 Å². The number of aryl methyl sites for hydroxylation is 1. The molecule has 2 N–H and O–H groups in total. The molecule has 5 heteroatoms. The molecule has 3 rings (SSSR count). The zero-order chi connectivity index (χ0) is 11.1. The van der Waals surface area contributed by atoms with E-state index in [-0.39, 0.29) is 6.04 Å². The van der Waals surface area contributed by atoms with Crippen LogP contribution in [0.4, 0.5) is 0 Å². The minimum atomic E-state index is 0.110. The second-order valence-corrected chi connectivity index (χ2v) is 5.28. The molecule has 1 atom stereocenters. The SMILES string of the molecule is Cc1oncc1-c1cnc(C(N)C2CC2)s1. The van der Waals surface area contributed by atoms with Crippen molar-refractivity contribution < 1.29 is 4.52 Å². The molecular formula is C11H13N3OS. The van der Waals surface area contributed by atoms with Crippen molar-refractivity contribution in [1.82, 2.24) is 10.1 Å². The monoisotopic (exact) mass is 235 g/mol. The van der Waals surface area contributed by atoms with Crippen molar-refractivity contribution in [2.75, 3.05) is 0 Å². The third-order valence-electron chi connectivity index (χ3n) is 2.95. The Morgan fingerprint density at radius 1 is 1.50 bits per heavy atom. The van der Waals surface area contributed by atoms with Crippen LogP contribution in [-0.4, -0.2) is 10.1 Å². The van der Waals surface area contributed by atoms with Crippen molar-refractivity contribution in [2.45, 2.75) is 25.8 Å². The molecule has 1 aliphatic carbocycles. The van der Waals surface area contributed by atoms with Crippen LogP contribution in [-0.2, 0) is 0 Å². The van der Waals surface area contributed by atoms with Crippen LogP contribution in [0.5, 0.6) is 0 Å². The molecule has 84 valence electrons. The van der Waals surface area contributed by atoms with Gasteiger partial charge in [0.2, 0.25) is 0 Å². The van der Waals surface area contributed by atoms with E-state index in [1.54, 1.807) is 17.5 Å². The summed E-state index contributed by atoms with van der Waals surface area (Å²) in [4.78, 5) is 5.49. The number of rotatable bonds is 3. The molecule has 0 radical (unpaired) electrons. The first-order chi connectivity index (χ1) is 7.75. The largest absolute Gasteiger partial charge is 0.361 e. The molecule has 1 saturated carbocycles. The highest BCUT2D eigenvalue weighted by Gasteiger charge is 2.31. The van der Waals surface area contributed by atoms with Gasteiger partial charge in [0.15, 0.2) is 0 Å². The summed E-state index contributed by atoms with van der Waals surface area (Å²) in [5.41, 5.74) is 7.13. The topological polar surface area (TPSA) is 64.9 Å². The highest BCUT2D eigenvalue weighted by Crippen LogP contribution is 2.41. The van der Waals surface area contributed by atoms with Crippen molar-refractivity contribution in [3.8, 4) is 10.4 Å². The summed E-state index contributed by atoms with van der Waals surface area (Å²) >= 11 is 1.65. The van der Waals surface area contributed by atoms with Gasteiger partial charge >= 0.3 is 0 Å². The Labute approximate surface area is 97.5 Å². The predicted octanol–water partition coefficient (Wildman–Crippen LogP) is 2.52. The zero-order valence-corrected chi connectivity index (χ0v) is 9.83. The molecule has 2 heterocycles. The predicted molar refractivity (Wildman–Crippen MR) is 62.0 cm³/mol. The third-order valence-corrected chi connectivity index (χ3v) is 4.09. The Kier molecular flexibility index (Phi) is 2.29. The van der Waals surface area contributed by atoms with Gasteiger partial charge in [-0.1, -0.05) is 5.16 Å². The van der Waals surface area contributed by atoms with Gasteiger partial charge < -0.3 is 10.3 Å². The fourth-order valence-electron chi connectivity index (χ4n) is 1.76. The Bertz CT molecular complexity index is 501. The van der Waals surface area contributed by atoms with Gasteiger partial charge in [0.25, 0.3) is 0 Å². The van der Waals surface area contributed by atoms with Gasteiger partial charge in [0.05, 0.1) is 22.7 Å². The molecule has 2 aromatic heterocycles. The zero-order valence-electron chi connectivity index (χ0n) is 9.01. The summed E-state index contributed by atoms with van der Waals surface area (Å²) in [6.07, 6.45) is 6.07. The standard InChI is InChI=1S/C11H13N3OS/c1-6-8(4-14-15-6)9-5-13-11(16-9)10(12)7-2-3-7/h4-5,7,10H,2-3,12H2,1H3. The highest BCUT2D eigenvalue weighted by molar-refractivity contribution is 7.15. The van der Waals surface area contributed by atoms with E-state index in [9.17, 15) is 0 Å². The second kappa shape index (κ2) is 3.68. The number of hydrogen-bond donors (Lipinski definition) is 1. The lowest BCUT2D eigenvalue weighted by Gasteiger charge is -2.04. The fourth-order valence-corrected chi connectivity index (χ4v) is 2.83. The second-order valence-electron chi connectivity index (χ2n) is 4.22. The Morgan fingerprint density at radius 2 is 2.31 bits per heavy atom. The molecular weight excluding hydrogens is 222 g/mol. The first-order valence-corrected chi connectivity index (χ1v) is 6.20. The summed E-state index contributed by atoms with van der Waals surface area (Å²) < 4.78 is 5.05. The molecule has 1 aliphatic rings. The van der Waals surface area contributed by atoms with Gasteiger partial charge in [-0.25, -0.2) is 4.98 Å². The van der Waals surface area contributed by atoms with E-state index >= 15 is 0 Å². The Morgan fingerprint density at radius 3 is 2.94 bits per heavy atom. The van der Waals surface area contributed by atoms with Crippen LogP contribution >= 0.6 is 11.3 Å². The van der Waals surface area contributed by atoms with Crippen molar-refractivity contribution >= 4 is 11.3 Å². The average Bonchev–Trinajstić information content (AvgIpc) is 2.86. The molecule has 0 spiro atoms. The van der Waals surface area contributed by atoms with E-state index in [1.165, 1.54) is 12.8 Å². The maximum Gasteiger partial charge on any atom is 0.142 e. The summed E-state index contributed by atoms with van der Waals surface area (Å²) in [5, 5.41) is 4.80. The molecule has 4 nitrogen and oxygen atoms in total. The van der Waals surface area contributed by atoms with E-state index < -0.39 is 0 Å². The van der Waals surface area contributed by atoms with Crippen LogP contribution in [0.2, 0.25) is 0 Å². The lowest BCUT2D eigenvalue weighted by molar-refractivity contribution is 0.398. The first-order valence-electron chi connectivity index (χ1n) is 5.38. The van der Waals surface area contributed by atoms with Crippen LogP contribution in [0.1, 0.15) is 29.7 Å². The molecule has 0 saturated heterocycles. The van der Waals surface area contributed by atoms with Gasteiger partial charge in [-0.05, 0) is 25.7 Å². The number of hydrogen-bond acceptors (Lipinski definition) is 5. The minimum absolute atomic E-state index is 0.110. The fraction of sp³-hybridized carbons (Fsp3) is 0.455. The van der Waals surface area contributed by atoms with Gasteiger partial charge in [-0.3, -0.25) is 0 Å². The van der Waals surface area contributed by atoms with Crippen LogP contribution in [0.3, 0.4) is 0 Å². The van der Waals surface area contributed by atoms with Gasteiger partial charge in [0.1, 0.15) is 10.8 Å². The molecule has 1 fully saturated rings. The maximum absolute atomic E-state index is 6.11. The summed E-state index contributed by atoms with van der Waals surface area (Å²) in [6, 6.07) is 0.110. The summed E-state index contributed by atoms with van der Waals surface area (Å²) in [6.45, 7) is 1.91. The molecule has 16 heavy (non-hydrogen) atoms. The average molecular weight is 235 g/mol. The molecule has 0 bridgehead atoms. The smallest absolute Gasteiger partial charge is 0.142 e. The van der Waals surface area contributed by atoms with E-state index in [4.69, 9.17) is 10.3 Å². The van der Waals surface area contributed by atoms with Gasteiger partial charge in [-0.15, -0.1) is 11.3 Å². The Balaban J connectivity index is 1.90. The highest BCUT2D eigenvalue weighted by atomic mass is 32.1. The molecule has 0 aromatic carbocycles. The summed E-state index contributed by atoms with van der Waals surface area (Å²) in [7, 11) is 0. The number of aromatic nitrogens is 2. The third kappa shape index (κ3) is 1.66.